The van der Waals surface area contributed by atoms with Gasteiger partial charge in [-0.1, -0.05) is 26.0 Å². The van der Waals surface area contributed by atoms with Crippen molar-refractivity contribution >= 4 is 18.2 Å². The zero-order chi connectivity index (χ0) is 14.5. The van der Waals surface area contributed by atoms with Crippen LogP contribution in [0.15, 0.2) is 48.5 Å². The van der Waals surface area contributed by atoms with Crippen LogP contribution < -0.4 is 10.5 Å². The van der Waals surface area contributed by atoms with Crippen molar-refractivity contribution in [2.45, 2.75) is 19.8 Å². The molecular weight excluding hydrogens is 286 g/mol. The van der Waals surface area contributed by atoms with Gasteiger partial charge >= 0.3 is 0 Å². The van der Waals surface area contributed by atoms with Crippen LogP contribution in [-0.4, -0.2) is 12.3 Å². The molecule has 0 atom stereocenters. The Morgan fingerprint density at radius 2 is 1.76 bits per heavy atom. The quantitative estimate of drug-likeness (QED) is 0.844. The van der Waals surface area contributed by atoms with Crippen LogP contribution in [-0.2, 0) is 0 Å². The molecule has 2 aromatic carbocycles. The molecule has 0 unspecified atom stereocenters. The maximum atomic E-state index is 11.4. The highest BCUT2D eigenvalue weighted by atomic mass is 35.5. The maximum Gasteiger partial charge on any atom is 0.176 e. The van der Waals surface area contributed by atoms with E-state index in [0.717, 1.165) is 5.75 Å². The van der Waals surface area contributed by atoms with Crippen LogP contribution in [0.3, 0.4) is 0 Å². The number of nitrogens with two attached hydrogens (primary N) is 1. The molecule has 4 heteroatoms. The average molecular weight is 306 g/mol. The summed E-state index contributed by atoms with van der Waals surface area (Å²) in [4.78, 5) is 11.4. The molecule has 0 aliphatic heterocycles. The minimum Gasteiger partial charge on any atom is -0.457 e. The van der Waals surface area contributed by atoms with Gasteiger partial charge in [0.15, 0.2) is 5.78 Å². The first-order chi connectivity index (χ1) is 9.60. The van der Waals surface area contributed by atoms with Crippen molar-refractivity contribution in [2.24, 2.45) is 5.73 Å². The lowest BCUT2D eigenvalue weighted by Gasteiger charge is -2.10. The highest BCUT2D eigenvalue weighted by Crippen LogP contribution is 2.25. The van der Waals surface area contributed by atoms with Gasteiger partial charge in [-0.15, -0.1) is 12.4 Å². The molecule has 0 fully saturated rings. The third kappa shape index (κ3) is 4.59. The Morgan fingerprint density at radius 1 is 1.10 bits per heavy atom. The lowest BCUT2D eigenvalue weighted by Crippen LogP contribution is -2.13. The minimum atomic E-state index is -0.0710. The molecule has 0 bridgehead atoms. The van der Waals surface area contributed by atoms with Gasteiger partial charge in [0, 0.05) is 5.56 Å². The third-order valence-electron chi connectivity index (χ3n) is 3.12. The van der Waals surface area contributed by atoms with E-state index in [4.69, 9.17) is 10.5 Å². The molecule has 2 rings (SSSR count). The van der Waals surface area contributed by atoms with Gasteiger partial charge in [0.1, 0.15) is 11.5 Å². The van der Waals surface area contributed by atoms with Gasteiger partial charge in [-0.2, -0.15) is 0 Å². The van der Waals surface area contributed by atoms with Crippen molar-refractivity contribution in [3.63, 3.8) is 0 Å². The zero-order valence-corrected chi connectivity index (χ0v) is 13.0. The van der Waals surface area contributed by atoms with Crippen LogP contribution in [0.1, 0.15) is 35.7 Å². The molecule has 2 N–H and O–H groups in total. The Labute approximate surface area is 131 Å². The van der Waals surface area contributed by atoms with Crippen LogP contribution in [0.25, 0.3) is 0 Å². The van der Waals surface area contributed by atoms with E-state index < -0.39 is 0 Å². The first kappa shape index (κ1) is 17.2. The van der Waals surface area contributed by atoms with Crippen molar-refractivity contribution in [3.05, 3.63) is 59.7 Å². The number of hydrogen-bond acceptors (Lipinski definition) is 3. The van der Waals surface area contributed by atoms with Crippen molar-refractivity contribution in [1.29, 1.82) is 0 Å². The van der Waals surface area contributed by atoms with Crippen LogP contribution in [0.4, 0.5) is 0 Å². The highest BCUT2D eigenvalue weighted by Gasteiger charge is 2.05. The second-order valence-electron chi connectivity index (χ2n) is 4.98. The Hall–Kier alpha value is -1.84. The number of ketones is 1. The van der Waals surface area contributed by atoms with E-state index in [-0.39, 0.29) is 24.7 Å². The molecule has 0 heterocycles. The number of benzene rings is 2. The smallest absolute Gasteiger partial charge is 0.176 e. The van der Waals surface area contributed by atoms with E-state index in [9.17, 15) is 4.79 Å². The number of rotatable bonds is 5. The van der Waals surface area contributed by atoms with Gasteiger partial charge in [0.25, 0.3) is 0 Å². The Kier molecular flexibility index (Phi) is 6.40. The topological polar surface area (TPSA) is 52.3 Å². The number of halogens is 1. The van der Waals surface area contributed by atoms with Gasteiger partial charge in [-0.05, 0) is 47.9 Å². The predicted octanol–water partition coefficient (Wildman–Crippen LogP) is 4.17. The summed E-state index contributed by atoms with van der Waals surface area (Å²) in [5.41, 5.74) is 7.17. The summed E-state index contributed by atoms with van der Waals surface area (Å²) in [7, 11) is 0. The van der Waals surface area contributed by atoms with Gasteiger partial charge in [-0.3, -0.25) is 4.79 Å². The second-order valence-corrected chi connectivity index (χ2v) is 4.98. The Bertz CT molecular complexity index is 594. The van der Waals surface area contributed by atoms with E-state index in [1.807, 2.05) is 18.2 Å². The zero-order valence-electron chi connectivity index (χ0n) is 12.2. The van der Waals surface area contributed by atoms with Crippen LogP contribution >= 0.6 is 12.4 Å². The fourth-order valence-electron chi connectivity index (χ4n) is 1.90. The van der Waals surface area contributed by atoms with E-state index in [1.165, 1.54) is 5.56 Å². The lowest BCUT2D eigenvalue weighted by molar-refractivity contribution is 0.100. The van der Waals surface area contributed by atoms with Crippen LogP contribution in [0.2, 0.25) is 0 Å². The largest absolute Gasteiger partial charge is 0.457 e. The standard InChI is InChI=1S/C17H19NO2.ClH/c1-12(2)14-4-3-5-16(10-14)20-15-8-6-13(7-9-15)17(19)11-18;/h3-10,12H,11,18H2,1-2H3;1H. The van der Waals surface area contributed by atoms with Crippen LogP contribution in [0.5, 0.6) is 11.5 Å². The first-order valence-electron chi connectivity index (χ1n) is 6.71. The van der Waals surface area contributed by atoms with Crippen molar-refractivity contribution < 1.29 is 9.53 Å². The average Bonchev–Trinajstić information content (AvgIpc) is 2.47. The molecule has 0 aromatic heterocycles. The number of Topliss-reactive ketones (excluding diaryl/α,β-unsaturated/α-hetero) is 1. The molecule has 0 spiro atoms. The van der Waals surface area contributed by atoms with E-state index in [2.05, 4.69) is 19.9 Å². The normalized spacial score (nSPS) is 10.1. The number of hydrogen-bond donors (Lipinski definition) is 1. The molecule has 0 radical (unpaired) electrons. The molecule has 112 valence electrons. The molecule has 2 aromatic rings. The summed E-state index contributed by atoms with van der Waals surface area (Å²) in [5, 5.41) is 0. The van der Waals surface area contributed by atoms with E-state index in [1.54, 1.807) is 24.3 Å². The summed E-state index contributed by atoms with van der Waals surface area (Å²) >= 11 is 0. The van der Waals surface area contributed by atoms with Crippen molar-refractivity contribution in [2.75, 3.05) is 6.54 Å². The molecule has 0 aliphatic carbocycles. The van der Waals surface area contributed by atoms with E-state index >= 15 is 0 Å². The molecule has 0 amide bonds. The van der Waals surface area contributed by atoms with Gasteiger partial charge in [0.05, 0.1) is 6.54 Å². The monoisotopic (exact) mass is 305 g/mol. The summed E-state index contributed by atoms with van der Waals surface area (Å²) < 4.78 is 5.80. The SMILES string of the molecule is CC(C)c1cccc(Oc2ccc(C(=O)CN)cc2)c1.Cl. The van der Waals surface area contributed by atoms with Gasteiger partial charge in [-0.25, -0.2) is 0 Å². The maximum absolute atomic E-state index is 11.4. The number of carbonyl (C=O) groups is 1. The molecule has 21 heavy (non-hydrogen) atoms. The lowest BCUT2D eigenvalue weighted by atomic mass is 10.0. The fourth-order valence-corrected chi connectivity index (χ4v) is 1.90. The van der Waals surface area contributed by atoms with Crippen molar-refractivity contribution in [3.8, 4) is 11.5 Å². The predicted molar refractivity (Wildman–Crippen MR) is 87.7 cm³/mol. The minimum absolute atomic E-state index is 0. The van der Waals surface area contributed by atoms with E-state index in [0.29, 0.717) is 17.2 Å². The highest BCUT2D eigenvalue weighted by molar-refractivity contribution is 5.97. The fraction of sp³-hybridized carbons (Fsp3) is 0.235. The number of ether oxygens (including phenoxy) is 1. The van der Waals surface area contributed by atoms with Gasteiger partial charge < -0.3 is 10.5 Å². The molecule has 0 saturated carbocycles. The third-order valence-corrected chi connectivity index (χ3v) is 3.12. The molecule has 0 aliphatic rings. The summed E-state index contributed by atoms with van der Waals surface area (Å²) in [5.74, 6) is 1.90. The van der Waals surface area contributed by atoms with Gasteiger partial charge in [0.2, 0.25) is 0 Å². The molecular formula is C17H20ClNO2. The number of carbonyl (C=O) groups excluding carboxylic acids is 1. The van der Waals surface area contributed by atoms with Crippen molar-refractivity contribution in [1.82, 2.24) is 0 Å². The summed E-state index contributed by atoms with van der Waals surface area (Å²) in [6.07, 6.45) is 0. The Morgan fingerprint density at radius 3 is 2.33 bits per heavy atom. The Balaban J connectivity index is 0.00000220. The molecule has 3 nitrogen and oxygen atoms in total. The second kappa shape index (κ2) is 7.81. The summed E-state index contributed by atoms with van der Waals surface area (Å²) in [6, 6.07) is 15.1. The van der Waals surface area contributed by atoms with Crippen LogP contribution in [0, 0.1) is 0 Å². The molecule has 0 saturated heterocycles. The first-order valence-corrected chi connectivity index (χ1v) is 6.71. The summed E-state index contributed by atoms with van der Waals surface area (Å²) in [6.45, 7) is 4.31.